The summed E-state index contributed by atoms with van der Waals surface area (Å²) in [5.41, 5.74) is 0.189. The summed E-state index contributed by atoms with van der Waals surface area (Å²) in [6.07, 6.45) is 0. The second-order valence-electron chi connectivity index (χ2n) is 5.45. The van der Waals surface area contributed by atoms with Gasteiger partial charge in [-0.1, -0.05) is 46.3 Å². The monoisotopic (exact) mass is 365 g/mol. The van der Waals surface area contributed by atoms with E-state index in [4.69, 9.17) is 0 Å². The molecule has 0 saturated heterocycles. The summed E-state index contributed by atoms with van der Waals surface area (Å²) >= 11 is 3.33. The fraction of sp³-hybridized carbons (Fsp3) is 0.167. The molecule has 1 aliphatic rings. The number of carbonyl (C=O) groups is 1. The van der Waals surface area contributed by atoms with Crippen molar-refractivity contribution in [2.75, 3.05) is 5.32 Å². The van der Waals surface area contributed by atoms with Gasteiger partial charge in [0.05, 0.1) is 18.1 Å². The topological polar surface area (TPSA) is 76.7 Å². The number of nitriles is 2. The smallest absolute Gasteiger partial charge is 0.230 e. The minimum atomic E-state index is -1.29. The van der Waals surface area contributed by atoms with E-state index < -0.39 is 17.3 Å². The molecule has 0 spiro atoms. The molecule has 5 heteroatoms. The van der Waals surface area contributed by atoms with Gasteiger partial charge in [0, 0.05) is 16.1 Å². The molecule has 1 aliphatic carbocycles. The van der Waals surface area contributed by atoms with Crippen molar-refractivity contribution in [3.05, 3.63) is 64.6 Å². The van der Waals surface area contributed by atoms with Crippen molar-refractivity contribution in [3.8, 4) is 12.1 Å². The summed E-state index contributed by atoms with van der Waals surface area (Å²) in [4.78, 5) is 12.6. The first-order valence-corrected chi connectivity index (χ1v) is 7.85. The third kappa shape index (κ3) is 2.60. The highest BCUT2D eigenvalue weighted by Crippen LogP contribution is 2.64. The Bertz CT molecular complexity index is 804. The maximum Gasteiger partial charge on any atom is 0.230 e. The third-order valence-electron chi connectivity index (χ3n) is 4.13. The van der Waals surface area contributed by atoms with E-state index >= 15 is 0 Å². The van der Waals surface area contributed by atoms with Crippen molar-refractivity contribution in [1.82, 2.24) is 0 Å². The first-order valence-electron chi connectivity index (χ1n) is 7.06. The number of rotatable bonds is 3. The Morgan fingerprint density at radius 2 is 1.65 bits per heavy atom. The quantitative estimate of drug-likeness (QED) is 0.897. The van der Waals surface area contributed by atoms with Crippen LogP contribution in [0.5, 0.6) is 0 Å². The highest BCUT2D eigenvalue weighted by molar-refractivity contribution is 9.10. The van der Waals surface area contributed by atoms with Crippen LogP contribution < -0.4 is 5.32 Å². The van der Waals surface area contributed by atoms with Gasteiger partial charge in [-0.25, -0.2) is 0 Å². The number of benzene rings is 2. The number of hydrogen-bond acceptors (Lipinski definition) is 3. The van der Waals surface area contributed by atoms with Gasteiger partial charge in [0.2, 0.25) is 5.91 Å². The SMILES string of the molecule is N#CC1(C#N)C(C(=O)Nc2ccc(Br)cc2)C1c1ccccc1. The van der Waals surface area contributed by atoms with E-state index in [1.807, 2.05) is 54.6 Å². The predicted octanol–water partition coefficient (Wildman–Crippen LogP) is 3.83. The molecule has 1 fully saturated rings. The lowest BCUT2D eigenvalue weighted by atomic mass is 10.0. The summed E-state index contributed by atoms with van der Waals surface area (Å²) < 4.78 is 0.910. The van der Waals surface area contributed by atoms with Gasteiger partial charge in [0.1, 0.15) is 0 Å². The molecule has 4 nitrogen and oxygen atoms in total. The molecule has 2 unspecified atom stereocenters. The number of halogens is 1. The van der Waals surface area contributed by atoms with Crippen LogP contribution >= 0.6 is 15.9 Å². The van der Waals surface area contributed by atoms with Crippen LogP contribution in [0.1, 0.15) is 11.5 Å². The Morgan fingerprint density at radius 3 is 2.22 bits per heavy atom. The zero-order valence-electron chi connectivity index (χ0n) is 12.0. The molecule has 2 atom stereocenters. The fourth-order valence-electron chi connectivity index (χ4n) is 2.92. The molecule has 2 aromatic carbocycles. The largest absolute Gasteiger partial charge is 0.326 e. The van der Waals surface area contributed by atoms with Crippen molar-refractivity contribution < 1.29 is 4.79 Å². The number of nitrogens with zero attached hydrogens (tertiary/aromatic N) is 2. The van der Waals surface area contributed by atoms with E-state index in [-0.39, 0.29) is 5.91 Å². The normalized spacial score (nSPS) is 20.8. The zero-order chi connectivity index (χ0) is 16.4. The van der Waals surface area contributed by atoms with Crippen LogP contribution in [0, 0.1) is 34.0 Å². The highest BCUT2D eigenvalue weighted by Gasteiger charge is 2.70. The van der Waals surface area contributed by atoms with Crippen LogP contribution in [0.25, 0.3) is 0 Å². The van der Waals surface area contributed by atoms with Crippen LogP contribution in [-0.4, -0.2) is 5.91 Å². The average molecular weight is 366 g/mol. The molecular formula is C18H12BrN3O. The number of carbonyl (C=O) groups excluding carboxylic acids is 1. The molecule has 2 aromatic rings. The van der Waals surface area contributed by atoms with Crippen LogP contribution in [-0.2, 0) is 4.79 Å². The van der Waals surface area contributed by atoms with Crippen LogP contribution in [0.2, 0.25) is 0 Å². The van der Waals surface area contributed by atoms with Crippen molar-refractivity contribution in [3.63, 3.8) is 0 Å². The first kappa shape index (κ1) is 15.3. The van der Waals surface area contributed by atoms with Crippen LogP contribution in [0.3, 0.4) is 0 Å². The lowest BCUT2D eigenvalue weighted by Gasteiger charge is -2.05. The lowest BCUT2D eigenvalue weighted by molar-refractivity contribution is -0.117. The molecule has 3 rings (SSSR count). The van der Waals surface area contributed by atoms with E-state index in [1.54, 1.807) is 12.1 Å². The summed E-state index contributed by atoms with van der Waals surface area (Å²) in [6.45, 7) is 0. The minimum absolute atomic E-state index is 0.302. The Kier molecular flexibility index (Phi) is 3.90. The summed E-state index contributed by atoms with van der Waals surface area (Å²) in [7, 11) is 0. The van der Waals surface area contributed by atoms with Gasteiger partial charge in [0.15, 0.2) is 5.41 Å². The molecule has 0 aliphatic heterocycles. The zero-order valence-corrected chi connectivity index (χ0v) is 13.6. The molecule has 1 saturated carbocycles. The number of hydrogen-bond donors (Lipinski definition) is 1. The van der Waals surface area contributed by atoms with Crippen LogP contribution in [0.4, 0.5) is 5.69 Å². The van der Waals surface area contributed by atoms with Crippen molar-refractivity contribution >= 4 is 27.5 Å². The van der Waals surface area contributed by atoms with E-state index in [1.165, 1.54) is 0 Å². The van der Waals surface area contributed by atoms with Crippen molar-refractivity contribution in [2.45, 2.75) is 5.92 Å². The van der Waals surface area contributed by atoms with E-state index in [0.717, 1.165) is 10.0 Å². The Labute approximate surface area is 142 Å². The second-order valence-corrected chi connectivity index (χ2v) is 6.37. The molecule has 0 bridgehead atoms. The standard InChI is InChI=1S/C18H12BrN3O/c19-13-6-8-14(9-7-13)22-17(23)16-15(18(16,10-20)11-21)12-4-2-1-3-5-12/h1-9,15-16H,(H,22,23). The van der Waals surface area contributed by atoms with Gasteiger partial charge in [-0.3, -0.25) is 4.79 Å². The number of amides is 1. The molecule has 1 amide bonds. The van der Waals surface area contributed by atoms with Gasteiger partial charge >= 0.3 is 0 Å². The van der Waals surface area contributed by atoms with Crippen molar-refractivity contribution in [1.29, 1.82) is 10.5 Å². The van der Waals surface area contributed by atoms with Gasteiger partial charge in [-0.15, -0.1) is 0 Å². The third-order valence-corrected chi connectivity index (χ3v) is 4.66. The Hall–Kier alpha value is -2.63. The predicted molar refractivity (Wildman–Crippen MR) is 89.1 cm³/mol. The average Bonchev–Trinajstić information content (AvgIpc) is 3.27. The molecule has 0 radical (unpaired) electrons. The molecule has 1 N–H and O–H groups in total. The van der Waals surface area contributed by atoms with E-state index in [0.29, 0.717) is 5.69 Å². The molecule has 0 heterocycles. The van der Waals surface area contributed by atoms with Gasteiger partial charge in [0.25, 0.3) is 0 Å². The van der Waals surface area contributed by atoms with Gasteiger partial charge < -0.3 is 5.32 Å². The summed E-state index contributed by atoms with van der Waals surface area (Å²) in [5, 5.41) is 21.7. The number of anilines is 1. The lowest BCUT2D eigenvalue weighted by Crippen LogP contribution is -2.17. The minimum Gasteiger partial charge on any atom is -0.326 e. The Morgan fingerprint density at radius 1 is 1.04 bits per heavy atom. The van der Waals surface area contributed by atoms with E-state index in [9.17, 15) is 15.3 Å². The second kappa shape index (κ2) is 5.87. The molecule has 0 aromatic heterocycles. The fourth-order valence-corrected chi connectivity index (χ4v) is 3.18. The summed E-state index contributed by atoms with van der Waals surface area (Å²) in [5.74, 6) is -1.36. The molecule has 23 heavy (non-hydrogen) atoms. The van der Waals surface area contributed by atoms with Crippen molar-refractivity contribution in [2.24, 2.45) is 11.3 Å². The highest BCUT2D eigenvalue weighted by atomic mass is 79.9. The maximum absolute atomic E-state index is 12.6. The van der Waals surface area contributed by atoms with Crippen LogP contribution in [0.15, 0.2) is 59.1 Å². The van der Waals surface area contributed by atoms with E-state index in [2.05, 4.69) is 21.2 Å². The summed E-state index contributed by atoms with van der Waals surface area (Å²) in [6, 6.07) is 20.5. The molecule has 112 valence electrons. The van der Waals surface area contributed by atoms with Gasteiger partial charge in [-0.2, -0.15) is 10.5 Å². The first-order chi connectivity index (χ1) is 11.1. The molecular weight excluding hydrogens is 354 g/mol. The Balaban J connectivity index is 1.86. The maximum atomic E-state index is 12.6. The number of nitrogens with one attached hydrogen (secondary N) is 1. The van der Waals surface area contributed by atoms with Gasteiger partial charge in [-0.05, 0) is 29.8 Å².